The van der Waals surface area contributed by atoms with Crippen LogP contribution in [-0.4, -0.2) is 52.9 Å². The van der Waals surface area contributed by atoms with Crippen LogP contribution < -0.4 is 15.0 Å². The van der Waals surface area contributed by atoms with E-state index in [1.165, 1.54) is 16.7 Å². The van der Waals surface area contributed by atoms with Gasteiger partial charge in [-0.2, -0.15) is 0 Å². The van der Waals surface area contributed by atoms with Gasteiger partial charge in [-0.15, -0.1) is 27.6 Å². The molecule has 0 saturated heterocycles. The van der Waals surface area contributed by atoms with Crippen LogP contribution in [0.5, 0.6) is 0 Å². The van der Waals surface area contributed by atoms with Crippen LogP contribution in [0.2, 0.25) is 19.6 Å². The van der Waals surface area contributed by atoms with Crippen LogP contribution >= 0.6 is 0 Å². The van der Waals surface area contributed by atoms with Crippen molar-refractivity contribution in [3.63, 3.8) is 0 Å². The topological polar surface area (TPSA) is 161 Å². The second kappa shape index (κ2) is 25.3. The predicted octanol–water partition coefficient (Wildman–Crippen LogP) is 19.2. The molecule has 98 heavy (non-hydrogen) atoms. The van der Waals surface area contributed by atoms with Crippen LogP contribution in [0.15, 0.2) is 218 Å². The van der Waals surface area contributed by atoms with E-state index in [0.717, 1.165) is 139 Å². The molecule has 1 N–H and O–H groups in total. The van der Waals surface area contributed by atoms with E-state index in [9.17, 15) is 0 Å². The summed E-state index contributed by atoms with van der Waals surface area (Å²) in [5.41, 5.74) is 29.1. The second-order valence-corrected chi connectivity index (χ2v) is 30.5. The van der Waals surface area contributed by atoms with Crippen LogP contribution in [0, 0.1) is 81.6 Å². The number of fused-ring (bicyclic) bond motifs is 28. The van der Waals surface area contributed by atoms with Gasteiger partial charge in [0.2, 0.25) is 0 Å². The van der Waals surface area contributed by atoms with E-state index >= 15 is 0 Å². The Hall–Kier alpha value is -10.9. The van der Waals surface area contributed by atoms with Crippen molar-refractivity contribution in [2.75, 3.05) is 0 Å². The molecule has 4 aliphatic rings. The van der Waals surface area contributed by atoms with Crippen molar-refractivity contribution in [1.29, 1.82) is 0 Å². The summed E-state index contributed by atoms with van der Waals surface area (Å²) in [6, 6.07) is 74.9. The molecule has 0 spiro atoms. The van der Waals surface area contributed by atoms with Crippen molar-refractivity contribution >= 4 is 98.6 Å². The molecule has 18 rings (SSSR count). The third-order valence-corrected chi connectivity index (χ3v) is 18.7. The number of rotatable bonds is 4. The molecular formula is C84H59EuN12Si. The van der Waals surface area contributed by atoms with E-state index in [-0.39, 0.29) is 49.4 Å². The summed E-state index contributed by atoms with van der Waals surface area (Å²) >= 11 is 0. The molecule has 8 aromatic carbocycles. The Morgan fingerprint density at radius 3 is 0.959 bits per heavy atom. The molecule has 6 aromatic heterocycles. The van der Waals surface area contributed by atoms with Gasteiger partial charge in [0, 0.05) is 49.9 Å². The monoisotopic (exact) mass is 1420 g/mol. The molecule has 0 fully saturated rings. The fourth-order valence-corrected chi connectivity index (χ4v) is 13.5. The summed E-state index contributed by atoms with van der Waals surface area (Å²) in [6.45, 7) is 13.1. The number of aromatic nitrogens is 12. The zero-order chi connectivity index (χ0) is 65.5. The number of aryl methyl sites for hydroxylation is 3. The number of benzene rings is 8. The molecular weight excluding hydrogens is 1360 g/mol. The number of nitrogens with zero attached hydrogens (tertiary/aromatic N) is 11. The quantitative estimate of drug-likeness (QED) is 0.132. The Kier molecular flexibility index (Phi) is 16.0. The van der Waals surface area contributed by atoms with Crippen molar-refractivity contribution in [3.8, 4) is 102 Å². The molecule has 4 aliphatic heterocycles. The van der Waals surface area contributed by atoms with Gasteiger partial charge in [0.1, 0.15) is 19.4 Å². The summed E-state index contributed by atoms with van der Waals surface area (Å²) in [5, 5.41) is 3.70. The second-order valence-electron chi connectivity index (χ2n) is 25.8. The normalized spacial score (nSPS) is 11.9. The third-order valence-electron chi connectivity index (χ3n) is 17.8. The summed E-state index contributed by atoms with van der Waals surface area (Å²) in [6.07, 6.45) is 8.48. The van der Waals surface area contributed by atoms with Gasteiger partial charge in [-0.25, -0.2) is 29.9 Å². The van der Waals surface area contributed by atoms with Crippen LogP contribution in [0.25, 0.3) is 181 Å². The number of hydrogen-bond donors (Lipinski definition) is 1. The zero-order valence-corrected chi connectivity index (χ0v) is 57.8. The zero-order valence-electron chi connectivity index (χ0n) is 54.4. The smallest absolute Gasteiger partial charge is 0.657 e. The Bertz CT molecular complexity index is 5710. The molecule has 14 heteroatoms. The van der Waals surface area contributed by atoms with Crippen molar-refractivity contribution in [2.24, 2.45) is 0 Å². The Labute approximate surface area is 607 Å². The first-order valence-electron chi connectivity index (χ1n) is 32.4. The van der Waals surface area contributed by atoms with Crippen LogP contribution in [0.3, 0.4) is 0 Å². The van der Waals surface area contributed by atoms with Crippen LogP contribution in [0.1, 0.15) is 45.0 Å². The van der Waals surface area contributed by atoms with Crippen LogP contribution in [0.4, 0.5) is 0 Å². The Morgan fingerprint density at radius 2 is 0.622 bits per heavy atom. The average molecular weight is 1420 g/mol. The van der Waals surface area contributed by atoms with Gasteiger partial charge in [0.15, 0.2) is 11.6 Å². The van der Waals surface area contributed by atoms with Gasteiger partial charge in [-0.3, -0.25) is 0 Å². The maximum absolute atomic E-state index is 5.42. The van der Waals surface area contributed by atoms with Gasteiger partial charge < -0.3 is 29.9 Å². The van der Waals surface area contributed by atoms with E-state index in [0.29, 0.717) is 45.9 Å². The fraction of sp³-hybridized carbons (Fsp3) is 0.0714. The molecule has 14 aromatic rings. The minimum Gasteiger partial charge on any atom is -0.657 e. The average Bonchev–Trinajstić information content (AvgIpc) is 1.61. The number of hydrogen-bond acceptors (Lipinski definition) is 8. The molecule has 16 bridgehead atoms. The first kappa shape index (κ1) is 61.9. The van der Waals surface area contributed by atoms with Gasteiger partial charge in [-0.1, -0.05) is 249 Å². The van der Waals surface area contributed by atoms with Crippen molar-refractivity contribution in [2.45, 2.75) is 40.4 Å². The molecule has 0 aliphatic carbocycles. The first-order chi connectivity index (χ1) is 47.4. The molecule has 0 atom stereocenters. The SMILES string of the molecule is Cc1ccc(-c2c3nc(c(-c4ccc(C)cc4)c4ccc([n-]4)c(-c4ccc(C#C[Si](C)(C)C)cc4)c4nc(c(-c5ccc(C)cc5)c5ccc2[n-]5)C=C4)C=C3)cc1.[Eu+3].c1ccc2c(c1)-c1nc-2nc2[nH]c(nc3nc(nc4[n-]c(n1)c1ccccc41)-c1ccccc1-3)c1ccccc21. The van der Waals surface area contributed by atoms with Gasteiger partial charge in [-0.05, 0) is 112 Å². The molecule has 466 valence electrons. The summed E-state index contributed by atoms with van der Waals surface area (Å²) in [5.74, 6) is 5.72. The maximum Gasteiger partial charge on any atom is 3.00 e. The van der Waals surface area contributed by atoms with Crippen molar-refractivity contribution in [3.05, 3.63) is 263 Å². The number of aromatic amines is 1. The molecule has 12 nitrogen and oxygen atoms in total. The number of H-pyrrole nitrogens is 1. The Morgan fingerprint density at radius 1 is 0.316 bits per heavy atom. The molecule has 0 saturated carbocycles. The van der Waals surface area contributed by atoms with Crippen molar-refractivity contribution in [1.82, 2.24) is 59.8 Å². The van der Waals surface area contributed by atoms with Gasteiger partial charge in [0.05, 0.1) is 34.4 Å². The fourth-order valence-electron chi connectivity index (χ4n) is 12.9. The van der Waals surface area contributed by atoms with E-state index in [4.69, 9.17) is 54.8 Å². The van der Waals surface area contributed by atoms with E-state index in [1.54, 1.807) is 0 Å². The largest absolute Gasteiger partial charge is 3.00 e. The molecule has 0 radical (unpaired) electrons. The first-order valence-corrected chi connectivity index (χ1v) is 35.9. The van der Waals surface area contributed by atoms with Gasteiger partial charge >= 0.3 is 49.4 Å². The molecule has 0 amide bonds. The maximum atomic E-state index is 5.42. The predicted molar refractivity (Wildman–Crippen MR) is 398 cm³/mol. The minimum atomic E-state index is -1.53. The van der Waals surface area contributed by atoms with E-state index in [1.807, 2.05) is 97.1 Å². The van der Waals surface area contributed by atoms with Crippen LogP contribution in [-0.2, 0) is 0 Å². The number of nitrogens with one attached hydrogen (secondary N) is 1. The van der Waals surface area contributed by atoms with Gasteiger partial charge in [0.25, 0.3) is 0 Å². The summed E-state index contributed by atoms with van der Waals surface area (Å²) < 4.78 is 0. The minimum absolute atomic E-state index is 0. The standard InChI is InChI=1S/C52H42N4Si.C32H17N8.Eu/c1-33-7-15-37(16-8-33)49-41-23-25-43(53-41)50(38-17-9-34(2)10-18-38)45-27-29-47(55-45)52(40-21-13-36(14-22-40)31-32-57(4,5)6)48-30-28-46(56-48)51(44-26-24-42(49)54-44)39-19-11-35(3)12-20-39;1-2-10-18-17(9-1)25-33-26(18)38-28-21-13-5-6-14-22(21)30(35-28)40-32-24-16-8-7-15-23(24)31(36-32)39-29-20-12-4-3-11-19(20)27(34-29)37-25;/h7-30H,1-6H3;1-16H,(H-,33,34,35,36,37,38,39,40);/q-2;-1;+3. The summed E-state index contributed by atoms with van der Waals surface area (Å²) in [4.78, 5) is 59.7. The third kappa shape index (κ3) is 11.7. The van der Waals surface area contributed by atoms with Crippen molar-refractivity contribution < 1.29 is 49.4 Å². The molecule has 10 heterocycles. The van der Waals surface area contributed by atoms with E-state index in [2.05, 4.69) is 202 Å². The molecule has 0 unspecified atom stereocenters. The van der Waals surface area contributed by atoms with E-state index < -0.39 is 8.07 Å². The summed E-state index contributed by atoms with van der Waals surface area (Å²) in [7, 11) is -1.53. The Balaban J connectivity index is 0.000000160.